The van der Waals surface area contributed by atoms with Crippen molar-refractivity contribution < 1.29 is 28.8 Å². The zero-order chi connectivity index (χ0) is 18.4. The zero-order valence-electron chi connectivity index (χ0n) is 15.8. The monoisotopic (exact) mass is 359 g/mol. The molecule has 2 heterocycles. The molecule has 2 rings (SSSR count). The number of ether oxygens (including phenoxy) is 4. The summed E-state index contributed by atoms with van der Waals surface area (Å²) in [6, 6.07) is -0.338. The second-order valence-electron chi connectivity index (χ2n) is 7.34. The van der Waals surface area contributed by atoms with Gasteiger partial charge in [-0.1, -0.05) is 32.6 Å². The average molecular weight is 359 g/mol. The van der Waals surface area contributed by atoms with Gasteiger partial charge in [-0.3, -0.25) is 4.79 Å². The van der Waals surface area contributed by atoms with Crippen molar-refractivity contribution in [1.29, 1.82) is 0 Å². The molecule has 2 fully saturated rings. The zero-order valence-corrected chi connectivity index (χ0v) is 15.8. The Morgan fingerprint density at radius 2 is 1.96 bits per heavy atom. The summed E-state index contributed by atoms with van der Waals surface area (Å²) in [5, 5.41) is 12.6. The van der Waals surface area contributed by atoms with Gasteiger partial charge in [0.15, 0.2) is 12.1 Å². The first-order valence-corrected chi connectivity index (χ1v) is 9.37. The molecular formula is C18H33NO6. The summed E-state index contributed by atoms with van der Waals surface area (Å²) in [6.07, 6.45) is 4.17. The second kappa shape index (κ2) is 9.28. The fourth-order valence-electron chi connectivity index (χ4n) is 3.60. The largest absolute Gasteiger partial charge is 0.481 e. The van der Waals surface area contributed by atoms with E-state index < -0.39 is 24.2 Å². The van der Waals surface area contributed by atoms with Crippen LogP contribution in [0.3, 0.4) is 0 Å². The maximum atomic E-state index is 11.3. The molecule has 2 saturated heterocycles. The minimum Gasteiger partial charge on any atom is -0.481 e. The van der Waals surface area contributed by atoms with E-state index in [9.17, 15) is 9.90 Å². The van der Waals surface area contributed by atoms with Crippen molar-refractivity contribution in [3.63, 3.8) is 0 Å². The lowest BCUT2D eigenvalue weighted by Gasteiger charge is -2.30. The van der Waals surface area contributed by atoms with Gasteiger partial charge < -0.3 is 29.4 Å². The van der Waals surface area contributed by atoms with Crippen molar-refractivity contribution in [2.45, 2.75) is 95.7 Å². The van der Waals surface area contributed by atoms with E-state index in [1.807, 2.05) is 13.8 Å². The Hall–Kier alpha value is -0.730. The van der Waals surface area contributed by atoms with Gasteiger partial charge in [-0.15, -0.1) is 0 Å². The molecule has 0 aromatic heterocycles. The highest BCUT2D eigenvalue weighted by molar-refractivity contribution is 5.67. The average Bonchev–Trinajstić information content (AvgIpc) is 3.00. The topological polar surface area (TPSA) is 86.3 Å². The van der Waals surface area contributed by atoms with Crippen molar-refractivity contribution in [2.75, 3.05) is 13.7 Å². The molecule has 2 aliphatic rings. The lowest BCUT2D eigenvalue weighted by molar-refractivity contribution is -0.220. The normalized spacial score (nSPS) is 31.8. The molecule has 146 valence electrons. The van der Waals surface area contributed by atoms with Crippen LogP contribution in [0.5, 0.6) is 0 Å². The van der Waals surface area contributed by atoms with E-state index >= 15 is 0 Å². The fourth-order valence-corrected chi connectivity index (χ4v) is 3.60. The Balaban J connectivity index is 1.92. The summed E-state index contributed by atoms with van der Waals surface area (Å²) in [7, 11) is 1.60. The third-order valence-corrected chi connectivity index (χ3v) is 4.78. The van der Waals surface area contributed by atoms with Crippen LogP contribution in [0.2, 0.25) is 0 Å². The molecule has 2 aliphatic heterocycles. The fraction of sp³-hybridized carbons (Fsp3) is 0.944. The maximum absolute atomic E-state index is 11.3. The molecule has 0 aliphatic carbocycles. The van der Waals surface area contributed by atoms with Gasteiger partial charge in [0.2, 0.25) is 0 Å². The molecule has 2 N–H and O–H groups in total. The summed E-state index contributed by atoms with van der Waals surface area (Å²) in [5.41, 5.74) is 0. The Labute approximate surface area is 150 Å². The van der Waals surface area contributed by atoms with Crippen LogP contribution in [0, 0.1) is 0 Å². The molecule has 0 spiro atoms. The number of hydrogen-bond acceptors (Lipinski definition) is 6. The third-order valence-electron chi connectivity index (χ3n) is 4.78. The lowest BCUT2D eigenvalue weighted by atomic mass is 10.00. The first-order chi connectivity index (χ1) is 11.9. The molecule has 0 saturated carbocycles. The maximum Gasteiger partial charge on any atom is 0.305 e. The smallest absolute Gasteiger partial charge is 0.305 e. The molecular weight excluding hydrogens is 326 g/mol. The Morgan fingerprint density at radius 1 is 1.24 bits per heavy atom. The molecule has 1 unspecified atom stereocenters. The molecule has 7 nitrogen and oxygen atoms in total. The molecule has 0 aromatic carbocycles. The van der Waals surface area contributed by atoms with E-state index in [1.54, 1.807) is 7.11 Å². The van der Waals surface area contributed by atoms with E-state index in [1.165, 1.54) is 19.3 Å². The third kappa shape index (κ3) is 5.62. The van der Waals surface area contributed by atoms with Gasteiger partial charge >= 0.3 is 5.97 Å². The van der Waals surface area contributed by atoms with Gasteiger partial charge in [0.25, 0.3) is 0 Å². The molecule has 0 amide bonds. The molecule has 0 radical (unpaired) electrons. The van der Waals surface area contributed by atoms with E-state index in [-0.39, 0.29) is 24.7 Å². The second-order valence-corrected chi connectivity index (χ2v) is 7.34. The number of carboxylic acids is 1. The Morgan fingerprint density at radius 3 is 2.60 bits per heavy atom. The summed E-state index contributed by atoms with van der Waals surface area (Å²) < 4.78 is 23.2. The molecule has 7 heteroatoms. The lowest BCUT2D eigenvalue weighted by Crippen LogP contribution is -2.49. The number of carboxylic acid groups (broad SMARTS) is 1. The van der Waals surface area contributed by atoms with Crippen molar-refractivity contribution in [2.24, 2.45) is 0 Å². The summed E-state index contributed by atoms with van der Waals surface area (Å²) in [6.45, 7) is 6.62. The van der Waals surface area contributed by atoms with Crippen LogP contribution < -0.4 is 5.32 Å². The van der Waals surface area contributed by atoms with Gasteiger partial charge in [-0.05, 0) is 26.8 Å². The molecule has 0 aromatic rings. The first-order valence-electron chi connectivity index (χ1n) is 9.37. The van der Waals surface area contributed by atoms with Gasteiger partial charge in [-0.25, -0.2) is 0 Å². The molecule has 5 atom stereocenters. The Kier molecular flexibility index (Phi) is 7.64. The van der Waals surface area contributed by atoms with Crippen LogP contribution in [0.4, 0.5) is 0 Å². The number of hydrogen-bond donors (Lipinski definition) is 2. The number of fused-ring (bicyclic) bond motifs is 1. The van der Waals surface area contributed by atoms with Crippen molar-refractivity contribution >= 4 is 5.97 Å². The van der Waals surface area contributed by atoms with Crippen LogP contribution in [0.1, 0.15) is 59.3 Å². The van der Waals surface area contributed by atoms with Crippen molar-refractivity contribution in [3.05, 3.63) is 0 Å². The van der Waals surface area contributed by atoms with Crippen molar-refractivity contribution in [1.82, 2.24) is 5.32 Å². The van der Waals surface area contributed by atoms with E-state index in [2.05, 4.69) is 12.2 Å². The van der Waals surface area contributed by atoms with Crippen molar-refractivity contribution in [3.8, 4) is 0 Å². The van der Waals surface area contributed by atoms with Crippen LogP contribution in [-0.4, -0.2) is 61.2 Å². The number of unbranched alkanes of at least 4 members (excludes halogenated alkanes) is 4. The standard InChI is InChI=1S/C18H33NO6/c1-5-6-7-8-9-10-19-12(11-13(20)21)14-15(22-4)16-17(23-14)25-18(2,3)24-16/h12,14-17,19H,5-11H2,1-4H3,(H,20,21)/t12?,14-,15-,16+,17+/m0/s1. The van der Waals surface area contributed by atoms with Gasteiger partial charge in [0, 0.05) is 13.2 Å². The van der Waals surface area contributed by atoms with Crippen LogP contribution in [-0.2, 0) is 23.7 Å². The highest BCUT2D eigenvalue weighted by atomic mass is 16.8. The number of methoxy groups -OCH3 is 1. The Bertz CT molecular complexity index is 430. The van der Waals surface area contributed by atoms with E-state index in [4.69, 9.17) is 18.9 Å². The van der Waals surface area contributed by atoms with Gasteiger partial charge in [0.1, 0.15) is 18.3 Å². The molecule has 25 heavy (non-hydrogen) atoms. The summed E-state index contributed by atoms with van der Waals surface area (Å²) in [4.78, 5) is 11.3. The van der Waals surface area contributed by atoms with Gasteiger partial charge in [0.05, 0.1) is 6.42 Å². The highest BCUT2D eigenvalue weighted by Crippen LogP contribution is 2.39. The van der Waals surface area contributed by atoms with Crippen LogP contribution in [0.25, 0.3) is 0 Å². The van der Waals surface area contributed by atoms with Crippen LogP contribution in [0.15, 0.2) is 0 Å². The predicted molar refractivity (Wildman–Crippen MR) is 92.3 cm³/mol. The summed E-state index contributed by atoms with van der Waals surface area (Å²) in [5.74, 6) is -1.58. The first kappa shape index (κ1) is 20.6. The SMILES string of the molecule is CCCCCCCNC(CC(=O)O)[C@@H]1O[C@@H]2OC(C)(C)O[C@@H]2[C@H]1OC. The quantitative estimate of drug-likeness (QED) is 0.547. The minimum atomic E-state index is -0.860. The minimum absolute atomic E-state index is 0.0255. The predicted octanol–water partition coefficient (Wildman–Crippen LogP) is 2.28. The number of nitrogens with one attached hydrogen (secondary N) is 1. The number of rotatable bonds is 11. The summed E-state index contributed by atoms with van der Waals surface area (Å²) >= 11 is 0. The number of aliphatic carboxylic acids is 1. The number of carbonyl (C=O) groups is 1. The van der Waals surface area contributed by atoms with E-state index in [0.29, 0.717) is 0 Å². The van der Waals surface area contributed by atoms with E-state index in [0.717, 1.165) is 19.4 Å². The van der Waals surface area contributed by atoms with Gasteiger partial charge in [-0.2, -0.15) is 0 Å². The van der Waals surface area contributed by atoms with Crippen LogP contribution >= 0.6 is 0 Å². The molecule has 0 bridgehead atoms. The highest BCUT2D eigenvalue weighted by Gasteiger charge is 2.56.